The summed E-state index contributed by atoms with van der Waals surface area (Å²) in [6.45, 7) is 4.68. The molecule has 0 radical (unpaired) electrons. The van der Waals surface area contributed by atoms with Gasteiger partial charge in [0.1, 0.15) is 5.78 Å². The Morgan fingerprint density at radius 3 is 1.68 bits per heavy atom. The number of pyridine rings is 3. The maximum Gasteiger partial charge on any atom is 1.00 e. The Hall–Kier alpha value is -4.49. The summed E-state index contributed by atoms with van der Waals surface area (Å²) in [6, 6.07) is 9.97. The summed E-state index contributed by atoms with van der Waals surface area (Å²) in [7, 11) is 0. The van der Waals surface area contributed by atoms with E-state index in [2.05, 4.69) is 35.6 Å². The Bertz CT molecular complexity index is 1830. The molecule has 6 rings (SSSR count). The molecule has 3 aliphatic carbocycles. The molecule has 3 aromatic rings. The molecule has 15 nitrogen and oxygen atoms in total. The topological polar surface area (TPSA) is 239 Å². The van der Waals surface area contributed by atoms with Crippen molar-refractivity contribution in [2.45, 2.75) is 110 Å². The number of aromatic nitrogens is 3. The number of carboxylic acid groups (broad SMARTS) is 1. The molecule has 0 saturated carbocycles. The van der Waals surface area contributed by atoms with Crippen molar-refractivity contribution in [3.05, 3.63) is 80.5 Å². The standard InChI is InChI=1S/C14H17NO3.C13H15NO4.C9H9NO2.C6H11BrO2.Li.H2O/c1-10(16)4-3-9-18-14-8-7-11-12(15-14)5-2-6-13(11)17;15-11-4-1-3-10-9(11)6-7-12(14-10)18-8-2-5-13(16)17;11-8-3-1-2-7-6(8)4-5-9(12)10-7;1-2-9-6(8)4-3-5-7;;/h7-8H,2-6,9H2,1H3;6-7H,1-5,8H2,(H,16,17);4-5H,1-3H2,(H,10,12);2-5H2,1H3;;1H2/q;;;;+1;/p-1. The van der Waals surface area contributed by atoms with E-state index in [4.69, 9.17) is 14.6 Å². The largest absolute Gasteiger partial charge is 1.00 e. The van der Waals surface area contributed by atoms with Crippen molar-refractivity contribution in [3.63, 3.8) is 0 Å². The van der Waals surface area contributed by atoms with E-state index >= 15 is 0 Å². The van der Waals surface area contributed by atoms with Crippen molar-refractivity contribution >= 4 is 51.0 Å². The van der Waals surface area contributed by atoms with E-state index < -0.39 is 5.97 Å². The first kappa shape index (κ1) is 52.5. The summed E-state index contributed by atoms with van der Waals surface area (Å²) >= 11 is 3.22. The summed E-state index contributed by atoms with van der Waals surface area (Å²) in [6.07, 6.45) is 9.99. The smallest absolute Gasteiger partial charge is 0.870 e. The maximum atomic E-state index is 11.6. The first-order chi connectivity index (χ1) is 27.4. The Kier molecular flexibility index (Phi) is 25.7. The second-order valence-electron chi connectivity index (χ2n) is 13.4. The van der Waals surface area contributed by atoms with E-state index in [0.29, 0.717) is 87.7 Å². The van der Waals surface area contributed by atoms with Gasteiger partial charge in [-0.1, -0.05) is 15.9 Å². The molecule has 3 aromatic heterocycles. The van der Waals surface area contributed by atoms with Crippen molar-refractivity contribution in [2.75, 3.05) is 25.2 Å². The Balaban J connectivity index is 0.000000402. The minimum absolute atomic E-state index is 0. The number of nitrogens with zero attached hydrogens (tertiary/aromatic N) is 2. The van der Waals surface area contributed by atoms with Crippen molar-refractivity contribution in [1.29, 1.82) is 0 Å². The predicted octanol–water partition coefficient (Wildman–Crippen LogP) is 3.64. The average Bonchev–Trinajstić information content (AvgIpc) is 3.18. The molecule has 3 heterocycles. The summed E-state index contributed by atoms with van der Waals surface area (Å²) in [5, 5.41) is 9.36. The van der Waals surface area contributed by atoms with Gasteiger partial charge in [0.05, 0.1) is 31.2 Å². The van der Waals surface area contributed by atoms with Gasteiger partial charge in [0.2, 0.25) is 17.3 Å². The molecule has 0 bridgehead atoms. The molecule has 0 unspecified atom stereocenters. The first-order valence-corrected chi connectivity index (χ1v) is 20.5. The van der Waals surface area contributed by atoms with Crippen LogP contribution in [-0.2, 0) is 38.4 Å². The fourth-order valence-electron chi connectivity index (χ4n) is 5.99. The van der Waals surface area contributed by atoms with E-state index in [1.165, 1.54) is 6.07 Å². The van der Waals surface area contributed by atoms with Gasteiger partial charge in [-0.3, -0.25) is 28.8 Å². The zero-order valence-corrected chi connectivity index (χ0v) is 35.7. The number of aryl methyl sites for hydroxylation is 3. The zero-order chi connectivity index (χ0) is 41.6. The number of fused-ring (bicyclic) bond motifs is 3. The minimum atomic E-state index is -0.831. The third kappa shape index (κ3) is 19.4. The van der Waals surface area contributed by atoms with Crippen LogP contribution in [-0.4, -0.2) is 85.8 Å². The van der Waals surface area contributed by atoms with E-state index in [0.717, 1.165) is 72.9 Å². The van der Waals surface area contributed by atoms with Crippen LogP contribution in [0.3, 0.4) is 0 Å². The Morgan fingerprint density at radius 2 is 1.19 bits per heavy atom. The van der Waals surface area contributed by atoms with Gasteiger partial charge in [-0.25, -0.2) is 9.97 Å². The summed E-state index contributed by atoms with van der Waals surface area (Å²) in [4.78, 5) is 88.3. The number of ether oxygens (including phenoxy) is 3. The molecular formula is C42H53BrLiN3O12. The van der Waals surface area contributed by atoms with Gasteiger partial charge < -0.3 is 34.6 Å². The van der Waals surface area contributed by atoms with Gasteiger partial charge in [-0.05, 0) is 89.8 Å². The molecule has 3 N–H and O–H groups in total. The number of carbonyl (C=O) groups is 6. The molecule has 0 amide bonds. The number of ketones is 4. The van der Waals surface area contributed by atoms with Crippen LogP contribution in [0.25, 0.3) is 0 Å². The molecule has 0 fully saturated rings. The monoisotopic (exact) mass is 877 g/mol. The van der Waals surface area contributed by atoms with Crippen molar-refractivity contribution < 1.29 is 72.4 Å². The van der Waals surface area contributed by atoms with Crippen molar-refractivity contribution in [1.82, 2.24) is 15.0 Å². The number of rotatable bonds is 14. The number of hydrogen-bond donors (Lipinski definition) is 2. The summed E-state index contributed by atoms with van der Waals surface area (Å²) in [5.74, 6) is 0.712. The molecule has 316 valence electrons. The van der Waals surface area contributed by atoms with E-state index in [9.17, 15) is 33.6 Å². The molecule has 59 heavy (non-hydrogen) atoms. The van der Waals surface area contributed by atoms with Gasteiger partial charge in [-0.2, -0.15) is 0 Å². The van der Waals surface area contributed by atoms with Crippen LogP contribution >= 0.6 is 15.9 Å². The fourth-order valence-corrected chi connectivity index (χ4v) is 6.27. The van der Waals surface area contributed by atoms with Crippen LogP contribution in [0, 0.1) is 0 Å². The number of aromatic amines is 1. The molecule has 0 aliphatic heterocycles. The molecular weight excluding hydrogens is 825 g/mol. The molecule has 3 aliphatic rings. The SMILES string of the molecule is CC(=O)CCCOc1ccc2c(n1)CCCC2=O.CCOC(=O)CCCBr.O=C(O)CCCOc1ccc2c(n1)CCCC2=O.O=C1CCCc2[nH]c(=O)ccc21.[Li+].[OH-]. The number of hydrogen-bond acceptors (Lipinski definition) is 13. The third-order valence-corrected chi connectivity index (χ3v) is 9.35. The first-order valence-electron chi connectivity index (χ1n) is 19.4. The second-order valence-corrected chi connectivity index (χ2v) is 14.2. The van der Waals surface area contributed by atoms with Crippen LogP contribution in [0.2, 0.25) is 0 Å². The number of aliphatic carboxylic acids is 1. The third-order valence-electron chi connectivity index (χ3n) is 8.79. The number of H-pyrrole nitrogens is 1. The van der Waals surface area contributed by atoms with Crippen LogP contribution < -0.4 is 33.9 Å². The summed E-state index contributed by atoms with van der Waals surface area (Å²) in [5.41, 5.74) is 4.44. The van der Waals surface area contributed by atoms with Gasteiger partial charge in [0.25, 0.3) is 0 Å². The van der Waals surface area contributed by atoms with E-state index in [-0.39, 0.29) is 65.4 Å². The fraction of sp³-hybridized carbons (Fsp3) is 0.500. The van der Waals surface area contributed by atoms with Crippen molar-refractivity contribution in [3.8, 4) is 11.8 Å². The number of nitrogens with one attached hydrogen (secondary N) is 1. The minimum Gasteiger partial charge on any atom is -0.870 e. The molecule has 0 atom stereocenters. The number of Topliss-reactive ketones (excluding diaryl/α,β-unsaturated/α-hetero) is 4. The number of halogens is 1. The normalized spacial score (nSPS) is 13.2. The van der Waals surface area contributed by atoms with Gasteiger partial charge >= 0.3 is 30.8 Å². The van der Waals surface area contributed by atoms with Crippen LogP contribution in [0.1, 0.15) is 139 Å². The zero-order valence-electron chi connectivity index (χ0n) is 34.1. The predicted molar refractivity (Wildman–Crippen MR) is 217 cm³/mol. The Morgan fingerprint density at radius 1 is 0.695 bits per heavy atom. The Labute approximate surface area is 364 Å². The van der Waals surface area contributed by atoms with Crippen LogP contribution in [0.4, 0.5) is 0 Å². The van der Waals surface area contributed by atoms with Crippen LogP contribution in [0.5, 0.6) is 11.8 Å². The molecule has 0 saturated heterocycles. The molecule has 0 spiro atoms. The van der Waals surface area contributed by atoms with Crippen LogP contribution in [0.15, 0.2) is 41.2 Å². The number of carbonyl (C=O) groups excluding carboxylic acids is 5. The van der Waals surface area contributed by atoms with Gasteiger partial charge in [-0.15, -0.1) is 0 Å². The van der Waals surface area contributed by atoms with E-state index in [1.807, 2.05) is 6.92 Å². The second kappa shape index (κ2) is 28.9. The van der Waals surface area contributed by atoms with Gasteiger partial charge in [0.15, 0.2) is 17.3 Å². The van der Waals surface area contributed by atoms with E-state index in [1.54, 1.807) is 37.3 Å². The summed E-state index contributed by atoms with van der Waals surface area (Å²) < 4.78 is 15.5. The quantitative estimate of drug-likeness (QED) is 0.102. The number of esters is 1. The maximum absolute atomic E-state index is 11.6. The molecule has 17 heteroatoms. The number of alkyl halides is 1. The van der Waals surface area contributed by atoms with Gasteiger partial charge in [0, 0.05) is 84.4 Å². The molecule has 0 aromatic carbocycles. The van der Waals surface area contributed by atoms with Crippen molar-refractivity contribution in [2.24, 2.45) is 0 Å². The average molecular weight is 879 g/mol. The number of carboxylic acids is 1.